The van der Waals surface area contributed by atoms with Gasteiger partial charge in [-0.15, -0.1) is 0 Å². The number of nitrogens with zero attached hydrogens (tertiary/aromatic N) is 1. The fraction of sp³-hybridized carbons (Fsp3) is 0.462. The highest BCUT2D eigenvalue weighted by Gasteiger charge is 2.39. The number of carboxylic acid groups (broad SMARTS) is 1. The zero-order valence-electron chi connectivity index (χ0n) is 10.5. The first-order chi connectivity index (χ1) is 8.86. The Kier molecular flexibility index (Phi) is 4.08. The van der Waals surface area contributed by atoms with Crippen LogP contribution in [0.1, 0.15) is 12.5 Å². The van der Waals surface area contributed by atoms with E-state index >= 15 is 0 Å². The summed E-state index contributed by atoms with van der Waals surface area (Å²) >= 11 is 5.79. The monoisotopic (exact) mass is 287 g/mol. The van der Waals surface area contributed by atoms with Crippen molar-refractivity contribution < 1.29 is 19.0 Å². The molecule has 2 rings (SSSR count). The van der Waals surface area contributed by atoms with E-state index in [0.29, 0.717) is 24.7 Å². The molecule has 0 amide bonds. The lowest BCUT2D eigenvalue weighted by molar-refractivity contribution is -0.165. The van der Waals surface area contributed by atoms with Crippen molar-refractivity contribution in [1.82, 2.24) is 4.90 Å². The standard InChI is InChI=1S/C13H15ClFNO3/c1-13(19-6-12(17)18)7-16(8-13)5-9-2-10(14)4-11(15)3-9/h2-4H,5-8H2,1H3,(H,17,18). The van der Waals surface area contributed by atoms with Crippen LogP contribution in [0.5, 0.6) is 0 Å². The molecule has 1 fully saturated rings. The van der Waals surface area contributed by atoms with Crippen molar-refractivity contribution in [2.24, 2.45) is 0 Å². The minimum absolute atomic E-state index is 0.296. The van der Waals surface area contributed by atoms with Gasteiger partial charge in [0.15, 0.2) is 0 Å². The topological polar surface area (TPSA) is 49.8 Å². The maximum Gasteiger partial charge on any atom is 0.329 e. The summed E-state index contributed by atoms with van der Waals surface area (Å²) < 4.78 is 18.5. The minimum Gasteiger partial charge on any atom is -0.480 e. The molecule has 0 aliphatic carbocycles. The van der Waals surface area contributed by atoms with Crippen LogP contribution in [0.25, 0.3) is 0 Å². The van der Waals surface area contributed by atoms with Crippen molar-refractivity contribution >= 4 is 17.6 Å². The van der Waals surface area contributed by atoms with Gasteiger partial charge in [0, 0.05) is 24.7 Å². The fourth-order valence-corrected chi connectivity index (χ4v) is 2.54. The molecule has 1 N–H and O–H groups in total. The summed E-state index contributed by atoms with van der Waals surface area (Å²) in [6.07, 6.45) is 0. The molecule has 4 nitrogen and oxygen atoms in total. The molecular formula is C13H15ClFNO3. The van der Waals surface area contributed by atoms with Crippen LogP contribution in [0.4, 0.5) is 4.39 Å². The second-order valence-corrected chi connectivity index (χ2v) is 5.49. The van der Waals surface area contributed by atoms with Gasteiger partial charge in [-0.1, -0.05) is 11.6 Å². The average Bonchev–Trinajstić information content (AvgIpc) is 2.22. The number of aliphatic carboxylic acids is 1. The Bertz CT molecular complexity index is 469. The third-order valence-electron chi connectivity index (χ3n) is 2.99. The Morgan fingerprint density at radius 1 is 1.53 bits per heavy atom. The summed E-state index contributed by atoms with van der Waals surface area (Å²) in [7, 11) is 0. The van der Waals surface area contributed by atoms with Crippen LogP contribution >= 0.6 is 11.6 Å². The van der Waals surface area contributed by atoms with E-state index in [4.69, 9.17) is 21.4 Å². The molecule has 1 heterocycles. The van der Waals surface area contributed by atoms with Gasteiger partial charge < -0.3 is 9.84 Å². The first-order valence-electron chi connectivity index (χ1n) is 5.89. The molecule has 1 saturated heterocycles. The van der Waals surface area contributed by atoms with Gasteiger partial charge in [0.25, 0.3) is 0 Å². The first kappa shape index (κ1) is 14.2. The van der Waals surface area contributed by atoms with Crippen molar-refractivity contribution in [3.8, 4) is 0 Å². The second-order valence-electron chi connectivity index (χ2n) is 5.06. The van der Waals surface area contributed by atoms with Gasteiger partial charge in [0.1, 0.15) is 12.4 Å². The van der Waals surface area contributed by atoms with E-state index < -0.39 is 11.6 Å². The summed E-state index contributed by atoms with van der Waals surface area (Å²) in [5, 5.41) is 8.94. The Morgan fingerprint density at radius 2 is 2.21 bits per heavy atom. The van der Waals surface area contributed by atoms with Gasteiger partial charge >= 0.3 is 5.97 Å². The van der Waals surface area contributed by atoms with Crippen LogP contribution in [0.2, 0.25) is 5.02 Å². The summed E-state index contributed by atoms with van der Waals surface area (Å²) in [4.78, 5) is 12.5. The molecule has 0 saturated carbocycles. The maximum atomic E-state index is 13.2. The highest BCUT2D eigenvalue weighted by atomic mass is 35.5. The van der Waals surface area contributed by atoms with Crippen molar-refractivity contribution in [3.05, 3.63) is 34.6 Å². The summed E-state index contributed by atoms with van der Waals surface area (Å²) in [6, 6.07) is 4.43. The van der Waals surface area contributed by atoms with Gasteiger partial charge in [-0.3, -0.25) is 4.90 Å². The molecule has 1 aliphatic heterocycles. The highest BCUT2D eigenvalue weighted by molar-refractivity contribution is 6.30. The predicted molar refractivity (Wildman–Crippen MR) is 68.7 cm³/mol. The van der Waals surface area contributed by atoms with Crippen LogP contribution in [-0.2, 0) is 16.1 Å². The fourth-order valence-electron chi connectivity index (χ4n) is 2.30. The quantitative estimate of drug-likeness (QED) is 0.901. The molecule has 0 radical (unpaired) electrons. The minimum atomic E-state index is -0.975. The van der Waals surface area contributed by atoms with E-state index in [2.05, 4.69) is 0 Å². The van der Waals surface area contributed by atoms with Crippen LogP contribution in [-0.4, -0.2) is 41.3 Å². The number of likely N-dealkylation sites (tertiary alicyclic amines) is 1. The Morgan fingerprint density at radius 3 is 2.79 bits per heavy atom. The van der Waals surface area contributed by atoms with Crippen molar-refractivity contribution in [2.45, 2.75) is 19.1 Å². The number of carbonyl (C=O) groups is 1. The van der Waals surface area contributed by atoms with Crippen LogP contribution in [0.3, 0.4) is 0 Å². The van der Waals surface area contributed by atoms with E-state index in [1.807, 2.05) is 11.8 Å². The molecule has 1 aromatic rings. The van der Waals surface area contributed by atoms with Gasteiger partial charge in [-0.25, -0.2) is 9.18 Å². The Balaban J connectivity index is 1.85. The van der Waals surface area contributed by atoms with E-state index in [0.717, 1.165) is 5.56 Å². The molecule has 6 heteroatoms. The Hall–Kier alpha value is -1.17. The zero-order chi connectivity index (χ0) is 14.0. The molecule has 0 bridgehead atoms. The zero-order valence-corrected chi connectivity index (χ0v) is 11.3. The second kappa shape index (κ2) is 5.45. The molecule has 0 aromatic heterocycles. The van der Waals surface area contributed by atoms with Gasteiger partial charge in [0.05, 0.1) is 5.60 Å². The molecule has 1 aliphatic rings. The SMILES string of the molecule is CC1(OCC(=O)O)CN(Cc2cc(F)cc(Cl)c2)C1. The third-order valence-corrected chi connectivity index (χ3v) is 3.21. The molecular weight excluding hydrogens is 273 g/mol. The lowest BCUT2D eigenvalue weighted by Gasteiger charge is -2.47. The van der Waals surface area contributed by atoms with Gasteiger partial charge in [0.2, 0.25) is 0 Å². The van der Waals surface area contributed by atoms with Gasteiger partial charge in [-0.05, 0) is 30.7 Å². The molecule has 0 spiro atoms. The number of benzene rings is 1. The molecule has 1 aromatic carbocycles. The summed E-state index contributed by atoms with van der Waals surface area (Å²) in [5.74, 6) is -1.33. The smallest absolute Gasteiger partial charge is 0.329 e. The van der Waals surface area contributed by atoms with Crippen molar-refractivity contribution in [3.63, 3.8) is 0 Å². The largest absolute Gasteiger partial charge is 0.480 e. The lowest BCUT2D eigenvalue weighted by Crippen LogP contribution is -2.61. The first-order valence-corrected chi connectivity index (χ1v) is 6.27. The molecule has 19 heavy (non-hydrogen) atoms. The van der Waals surface area contributed by atoms with Crippen LogP contribution in [0.15, 0.2) is 18.2 Å². The number of ether oxygens (including phenoxy) is 1. The lowest BCUT2D eigenvalue weighted by atomic mass is 9.95. The Labute approximate surface area is 115 Å². The number of halogens is 2. The number of hydrogen-bond acceptors (Lipinski definition) is 3. The van der Waals surface area contributed by atoms with Crippen LogP contribution in [0, 0.1) is 5.82 Å². The van der Waals surface area contributed by atoms with Crippen LogP contribution < -0.4 is 0 Å². The predicted octanol–water partition coefficient (Wildman–Crippen LogP) is 2.15. The van der Waals surface area contributed by atoms with E-state index in [1.165, 1.54) is 12.1 Å². The molecule has 104 valence electrons. The number of rotatable bonds is 5. The average molecular weight is 288 g/mol. The highest BCUT2D eigenvalue weighted by Crippen LogP contribution is 2.27. The van der Waals surface area contributed by atoms with E-state index in [9.17, 15) is 9.18 Å². The van der Waals surface area contributed by atoms with Crippen molar-refractivity contribution in [2.75, 3.05) is 19.7 Å². The normalized spacial score (nSPS) is 18.1. The van der Waals surface area contributed by atoms with Gasteiger partial charge in [-0.2, -0.15) is 0 Å². The molecule has 0 atom stereocenters. The molecule has 0 unspecified atom stereocenters. The van der Waals surface area contributed by atoms with Crippen molar-refractivity contribution in [1.29, 1.82) is 0 Å². The third kappa shape index (κ3) is 3.89. The maximum absolute atomic E-state index is 13.2. The number of hydrogen-bond donors (Lipinski definition) is 1. The van der Waals surface area contributed by atoms with E-state index in [-0.39, 0.29) is 12.4 Å². The number of carboxylic acids is 1. The summed E-state index contributed by atoms with van der Waals surface area (Å²) in [6.45, 7) is 3.38. The van der Waals surface area contributed by atoms with E-state index in [1.54, 1.807) is 6.07 Å². The summed E-state index contributed by atoms with van der Waals surface area (Å²) in [5.41, 5.74) is 0.362.